The Kier molecular flexibility index (Phi) is 8.94. The van der Waals surface area contributed by atoms with Crippen LogP contribution in [0.25, 0.3) is 0 Å². The summed E-state index contributed by atoms with van der Waals surface area (Å²) in [6.07, 6.45) is 20.9. The third-order valence-electron chi connectivity index (χ3n) is 4.19. The van der Waals surface area contributed by atoms with Gasteiger partial charge >= 0.3 is 0 Å². The van der Waals surface area contributed by atoms with Crippen molar-refractivity contribution in [1.82, 2.24) is 0 Å². The average molecular weight is 224 g/mol. The minimum absolute atomic E-state index is 1.08. The molecule has 0 heteroatoms. The van der Waals surface area contributed by atoms with Crippen molar-refractivity contribution in [2.45, 2.75) is 96.8 Å². The van der Waals surface area contributed by atoms with Gasteiger partial charge in [-0.1, -0.05) is 96.8 Å². The zero-order valence-corrected chi connectivity index (χ0v) is 11.5. The van der Waals surface area contributed by atoms with Crippen LogP contribution in [-0.4, -0.2) is 0 Å². The Morgan fingerprint density at radius 2 is 1.25 bits per heavy atom. The third kappa shape index (κ3) is 7.30. The molecule has 0 aromatic carbocycles. The molecule has 0 radical (unpaired) electrons. The van der Waals surface area contributed by atoms with E-state index in [-0.39, 0.29) is 0 Å². The van der Waals surface area contributed by atoms with Gasteiger partial charge in [0.25, 0.3) is 0 Å². The second-order valence-corrected chi connectivity index (χ2v) is 5.77. The fourth-order valence-electron chi connectivity index (χ4n) is 3.04. The molecule has 0 bridgehead atoms. The Morgan fingerprint density at radius 1 is 0.688 bits per heavy atom. The summed E-state index contributed by atoms with van der Waals surface area (Å²) >= 11 is 0. The molecule has 0 heterocycles. The van der Waals surface area contributed by atoms with E-state index >= 15 is 0 Å². The minimum atomic E-state index is 1.08. The van der Waals surface area contributed by atoms with Gasteiger partial charge in [0.2, 0.25) is 0 Å². The number of unbranched alkanes of at least 4 members (excludes halogenated alkanes) is 3. The molecular weight excluding hydrogens is 192 g/mol. The standard InChI is InChI=1S/C16H32/c1-2-3-4-10-13-16-14-11-8-6-5-7-9-12-15-16/h16H,2-15H2,1H3. The summed E-state index contributed by atoms with van der Waals surface area (Å²) in [5, 5.41) is 0. The zero-order valence-electron chi connectivity index (χ0n) is 11.5. The normalized spacial score (nSPS) is 20.8. The maximum atomic E-state index is 2.31. The van der Waals surface area contributed by atoms with Crippen molar-refractivity contribution >= 4 is 0 Å². The van der Waals surface area contributed by atoms with Crippen LogP contribution in [-0.2, 0) is 0 Å². The van der Waals surface area contributed by atoms with Crippen LogP contribution < -0.4 is 0 Å². The number of hydrogen-bond donors (Lipinski definition) is 0. The summed E-state index contributed by atoms with van der Waals surface area (Å²) in [6, 6.07) is 0. The van der Waals surface area contributed by atoms with Crippen LogP contribution in [0, 0.1) is 5.92 Å². The second kappa shape index (κ2) is 10.2. The highest BCUT2D eigenvalue weighted by Crippen LogP contribution is 2.25. The van der Waals surface area contributed by atoms with Crippen molar-refractivity contribution in [2.75, 3.05) is 0 Å². The van der Waals surface area contributed by atoms with E-state index in [1.54, 1.807) is 0 Å². The van der Waals surface area contributed by atoms with Crippen molar-refractivity contribution in [3.63, 3.8) is 0 Å². The molecule has 1 fully saturated rings. The van der Waals surface area contributed by atoms with Crippen LogP contribution in [0.1, 0.15) is 96.8 Å². The highest BCUT2D eigenvalue weighted by atomic mass is 14.2. The summed E-state index contributed by atoms with van der Waals surface area (Å²) in [7, 11) is 0. The fraction of sp³-hybridized carbons (Fsp3) is 1.00. The van der Waals surface area contributed by atoms with E-state index in [2.05, 4.69) is 6.92 Å². The smallest absolute Gasteiger partial charge is 0.0414 e. The molecule has 1 aliphatic carbocycles. The van der Waals surface area contributed by atoms with E-state index in [0.717, 1.165) is 5.92 Å². The topological polar surface area (TPSA) is 0 Å². The molecule has 1 rings (SSSR count). The Balaban J connectivity index is 2.09. The molecule has 0 atom stereocenters. The summed E-state index contributed by atoms with van der Waals surface area (Å²) < 4.78 is 0. The highest BCUT2D eigenvalue weighted by molar-refractivity contribution is 4.63. The first-order valence-electron chi connectivity index (χ1n) is 7.93. The van der Waals surface area contributed by atoms with Crippen LogP contribution >= 0.6 is 0 Å². The Morgan fingerprint density at radius 3 is 1.81 bits per heavy atom. The predicted molar refractivity (Wildman–Crippen MR) is 73.8 cm³/mol. The van der Waals surface area contributed by atoms with Crippen molar-refractivity contribution in [1.29, 1.82) is 0 Å². The summed E-state index contributed by atoms with van der Waals surface area (Å²) in [6.45, 7) is 2.31. The minimum Gasteiger partial charge on any atom is -0.0654 e. The van der Waals surface area contributed by atoms with E-state index in [0.29, 0.717) is 0 Å². The lowest BCUT2D eigenvalue weighted by Crippen LogP contribution is -2.02. The number of rotatable bonds is 5. The van der Waals surface area contributed by atoms with E-state index < -0.39 is 0 Å². The lowest BCUT2D eigenvalue weighted by molar-refractivity contribution is 0.357. The molecule has 96 valence electrons. The van der Waals surface area contributed by atoms with Crippen LogP contribution in [0.15, 0.2) is 0 Å². The van der Waals surface area contributed by atoms with Gasteiger partial charge in [0, 0.05) is 0 Å². The van der Waals surface area contributed by atoms with E-state index in [9.17, 15) is 0 Å². The Bertz CT molecular complexity index is 129. The second-order valence-electron chi connectivity index (χ2n) is 5.77. The first-order chi connectivity index (χ1) is 7.93. The predicted octanol–water partition coefficient (Wildman–Crippen LogP) is 6.10. The molecule has 16 heavy (non-hydrogen) atoms. The molecule has 0 aromatic rings. The summed E-state index contributed by atoms with van der Waals surface area (Å²) in [4.78, 5) is 0. The lowest BCUT2D eigenvalue weighted by atomic mass is 9.88. The monoisotopic (exact) mass is 224 g/mol. The van der Waals surface area contributed by atoms with Crippen molar-refractivity contribution in [3.05, 3.63) is 0 Å². The van der Waals surface area contributed by atoms with Gasteiger partial charge in [-0.2, -0.15) is 0 Å². The SMILES string of the molecule is CCCCCCC1CCCCCCCCC1. The molecule has 0 spiro atoms. The van der Waals surface area contributed by atoms with Gasteiger partial charge in [0.15, 0.2) is 0 Å². The molecule has 1 saturated carbocycles. The maximum absolute atomic E-state index is 2.31. The van der Waals surface area contributed by atoms with Crippen molar-refractivity contribution in [3.8, 4) is 0 Å². The molecule has 0 nitrogen and oxygen atoms in total. The highest BCUT2D eigenvalue weighted by Gasteiger charge is 2.09. The van der Waals surface area contributed by atoms with Gasteiger partial charge < -0.3 is 0 Å². The molecule has 0 N–H and O–H groups in total. The van der Waals surface area contributed by atoms with E-state index in [1.807, 2.05) is 0 Å². The average Bonchev–Trinajstić information content (AvgIpc) is 2.32. The molecule has 0 unspecified atom stereocenters. The van der Waals surface area contributed by atoms with Crippen molar-refractivity contribution in [2.24, 2.45) is 5.92 Å². The van der Waals surface area contributed by atoms with E-state index in [4.69, 9.17) is 0 Å². The van der Waals surface area contributed by atoms with Gasteiger partial charge in [-0.05, 0) is 5.92 Å². The third-order valence-corrected chi connectivity index (χ3v) is 4.19. The Labute approximate surface area is 103 Å². The Hall–Kier alpha value is 0. The molecule has 0 aromatic heterocycles. The lowest BCUT2D eigenvalue weighted by Gasteiger charge is -2.18. The van der Waals surface area contributed by atoms with Gasteiger partial charge in [0.1, 0.15) is 0 Å². The number of hydrogen-bond acceptors (Lipinski definition) is 0. The van der Waals surface area contributed by atoms with Crippen LogP contribution in [0.3, 0.4) is 0 Å². The van der Waals surface area contributed by atoms with Gasteiger partial charge in [0.05, 0.1) is 0 Å². The summed E-state index contributed by atoms with van der Waals surface area (Å²) in [5.41, 5.74) is 0. The first kappa shape index (κ1) is 14.1. The molecule has 0 aliphatic heterocycles. The zero-order chi connectivity index (χ0) is 11.5. The van der Waals surface area contributed by atoms with Crippen LogP contribution in [0.4, 0.5) is 0 Å². The molecule has 0 amide bonds. The maximum Gasteiger partial charge on any atom is -0.0414 e. The molecular formula is C16H32. The van der Waals surface area contributed by atoms with Crippen LogP contribution in [0.5, 0.6) is 0 Å². The molecule has 1 aliphatic rings. The largest absolute Gasteiger partial charge is 0.0654 e. The van der Waals surface area contributed by atoms with E-state index in [1.165, 1.54) is 89.9 Å². The van der Waals surface area contributed by atoms with Gasteiger partial charge in [-0.3, -0.25) is 0 Å². The van der Waals surface area contributed by atoms with Gasteiger partial charge in [-0.25, -0.2) is 0 Å². The van der Waals surface area contributed by atoms with Crippen molar-refractivity contribution < 1.29 is 0 Å². The molecule has 0 saturated heterocycles. The van der Waals surface area contributed by atoms with Gasteiger partial charge in [-0.15, -0.1) is 0 Å². The summed E-state index contributed by atoms with van der Waals surface area (Å²) in [5.74, 6) is 1.08. The first-order valence-corrected chi connectivity index (χ1v) is 7.93. The van der Waals surface area contributed by atoms with Crippen LogP contribution in [0.2, 0.25) is 0 Å². The quantitative estimate of drug-likeness (QED) is 0.495. The fourth-order valence-corrected chi connectivity index (χ4v) is 3.04.